The molecule has 0 radical (unpaired) electrons. The Labute approximate surface area is 171 Å². The van der Waals surface area contributed by atoms with Crippen LogP contribution in [0.5, 0.6) is 0 Å². The van der Waals surface area contributed by atoms with Gasteiger partial charge in [0.15, 0.2) is 11.6 Å². The van der Waals surface area contributed by atoms with Crippen molar-refractivity contribution >= 4 is 11.6 Å². The number of H-pyrrole nitrogens is 1. The van der Waals surface area contributed by atoms with Crippen LogP contribution >= 0.6 is 0 Å². The third-order valence-corrected chi connectivity index (χ3v) is 6.74. The average Bonchev–Trinajstić information content (AvgIpc) is 3.39. The summed E-state index contributed by atoms with van der Waals surface area (Å²) in [5.74, 6) is 1.72. The molecule has 5 nitrogen and oxygen atoms in total. The van der Waals surface area contributed by atoms with Crippen LogP contribution in [0.2, 0.25) is 0 Å². The van der Waals surface area contributed by atoms with E-state index in [4.69, 9.17) is 0 Å². The average molecular weight is 386 g/mol. The van der Waals surface area contributed by atoms with Crippen molar-refractivity contribution in [2.75, 3.05) is 5.32 Å². The number of nitrogens with one attached hydrogen (secondary N) is 2. The second-order valence-electron chi connectivity index (χ2n) is 9.81. The Morgan fingerprint density at radius 2 is 2.03 bits per heavy atom. The van der Waals surface area contributed by atoms with Crippen LogP contribution in [-0.2, 0) is 16.6 Å². The van der Waals surface area contributed by atoms with Gasteiger partial charge in [-0.1, -0.05) is 26.0 Å². The largest absolute Gasteiger partial charge is 0.342 e. The lowest BCUT2D eigenvalue weighted by Crippen LogP contribution is -2.42. The van der Waals surface area contributed by atoms with Crippen molar-refractivity contribution in [3.8, 4) is 6.07 Å². The normalized spacial score (nSPS) is 25.1. The van der Waals surface area contributed by atoms with Gasteiger partial charge in [-0.15, -0.1) is 0 Å². The van der Waals surface area contributed by atoms with Crippen molar-refractivity contribution in [3.05, 3.63) is 57.9 Å². The van der Waals surface area contributed by atoms with E-state index in [1.54, 1.807) is 0 Å². The summed E-state index contributed by atoms with van der Waals surface area (Å²) in [5.41, 5.74) is 4.91. The summed E-state index contributed by atoms with van der Waals surface area (Å²) in [5, 5.41) is 20.9. The number of rotatable bonds is 3. The zero-order chi connectivity index (χ0) is 20.4. The highest BCUT2D eigenvalue weighted by molar-refractivity contribution is 6.03. The number of benzene rings is 1. The highest BCUT2D eigenvalue weighted by Gasteiger charge is 2.50. The molecule has 1 unspecified atom stereocenters. The summed E-state index contributed by atoms with van der Waals surface area (Å²) in [6.45, 7) is 6.42. The summed E-state index contributed by atoms with van der Waals surface area (Å²) >= 11 is 0. The van der Waals surface area contributed by atoms with Gasteiger partial charge >= 0.3 is 0 Å². The topological polar surface area (TPSA) is 81.6 Å². The number of hydrogen-bond donors (Lipinski definition) is 2. The first-order chi connectivity index (χ1) is 13.8. The van der Waals surface area contributed by atoms with Gasteiger partial charge < -0.3 is 5.32 Å². The highest BCUT2D eigenvalue weighted by Crippen LogP contribution is 2.53. The molecular formula is C24H26N4O. The van der Waals surface area contributed by atoms with Gasteiger partial charge in [-0.05, 0) is 61.6 Å². The molecule has 1 aliphatic heterocycles. The lowest BCUT2D eigenvalue weighted by molar-refractivity contribution is -0.118. The lowest BCUT2D eigenvalue weighted by atomic mass is 9.61. The van der Waals surface area contributed by atoms with Crippen LogP contribution in [0, 0.1) is 22.7 Å². The molecule has 1 saturated carbocycles. The van der Waals surface area contributed by atoms with E-state index in [2.05, 4.69) is 42.4 Å². The predicted molar refractivity (Wildman–Crippen MR) is 111 cm³/mol. The van der Waals surface area contributed by atoms with Gasteiger partial charge in [-0.2, -0.15) is 10.4 Å². The second kappa shape index (κ2) is 6.06. The van der Waals surface area contributed by atoms with Gasteiger partial charge in [-0.25, -0.2) is 0 Å². The summed E-state index contributed by atoms with van der Waals surface area (Å²) in [6, 6.07) is 9.96. The van der Waals surface area contributed by atoms with Gasteiger partial charge in [0.2, 0.25) is 0 Å². The van der Waals surface area contributed by atoms with E-state index in [1.807, 2.05) is 24.3 Å². The van der Waals surface area contributed by atoms with Crippen LogP contribution in [0.15, 0.2) is 35.5 Å². The molecule has 2 N–H and O–H groups in total. The minimum absolute atomic E-state index is 0.0804. The molecule has 1 atom stereocenters. The van der Waals surface area contributed by atoms with Crippen LogP contribution in [0.1, 0.15) is 68.8 Å². The van der Waals surface area contributed by atoms with Crippen molar-refractivity contribution in [1.82, 2.24) is 10.2 Å². The Balaban J connectivity index is 1.76. The number of Topliss-reactive ketones (excluding diaryl/α,β-unsaturated/α-hetero) is 1. The molecule has 1 aromatic carbocycles. The first-order valence-corrected chi connectivity index (χ1v) is 10.4. The molecule has 2 aliphatic carbocycles. The van der Waals surface area contributed by atoms with Crippen LogP contribution in [0.4, 0.5) is 5.82 Å². The van der Waals surface area contributed by atoms with Crippen LogP contribution < -0.4 is 5.32 Å². The molecule has 148 valence electrons. The minimum atomic E-state index is -0.617. The summed E-state index contributed by atoms with van der Waals surface area (Å²) in [6.07, 6.45) is 4.81. The summed E-state index contributed by atoms with van der Waals surface area (Å²) < 4.78 is 0. The molecule has 2 heterocycles. The molecule has 5 rings (SSSR count). The number of carbonyl (C=O) groups is 1. The van der Waals surface area contributed by atoms with Crippen molar-refractivity contribution < 1.29 is 4.79 Å². The second-order valence-corrected chi connectivity index (χ2v) is 9.81. The van der Waals surface area contributed by atoms with E-state index in [1.165, 1.54) is 12.8 Å². The fourth-order valence-corrected chi connectivity index (χ4v) is 5.23. The third-order valence-electron chi connectivity index (χ3n) is 6.74. The van der Waals surface area contributed by atoms with Crippen LogP contribution in [0.25, 0.3) is 0 Å². The number of aromatic amines is 1. The Hall–Kier alpha value is -2.87. The van der Waals surface area contributed by atoms with Crippen molar-refractivity contribution in [2.24, 2.45) is 11.3 Å². The first kappa shape index (κ1) is 18.2. The number of allylic oxidation sites excluding steroid dienone is 2. The van der Waals surface area contributed by atoms with Gasteiger partial charge in [0.1, 0.15) is 0 Å². The quantitative estimate of drug-likeness (QED) is 0.807. The van der Waals surface area contributed by atoms with Gasteiger partial charge in [-0.3, -0.25) is 9.89 Å². The zero-order valence-electron chi connectivity index (χ0n) is 17.2. The fourth-order valence-electron chi connectivity index (χ4n) is 5.23. The third kappa shape index (κ3) is 2.81. The Morgan fingerprint density at radius 1 is 1.24 bits per heavy atom. The number of anilines is 1. The van der Waals surface area contributed by atoms with Crippen LogP contribution in [-0.4, -0.2) is 16.0 Å². The van der Waals surface area contributed by atoms with E-state index < -0.39 is 5.41 Å². The predicted octanol–water partition coefficient (Wildman–Crippen LogP) is 4.61. The van der Waals surface area contributed by atoms with Gasteiger partial charge in [0, 0.05) is 28.9 Å². The number of nitrogens with zero attached hydrogens (tertiary/aromatic N) is 2. The first-order valence-electron chi connectivity index (χ1n) is 10.4. The van der Waals surface area contributed by atoms with E-state index in [-0.39, 0.29) is 11.2 Å². The Morgan fingerprint density at radius 3 is 2.76 bits per heavy atom. The SMILES string of the molecule is CC1(C)CC(=O)C2=C(C1)Nc1n[nH]c(CC3CC3)c1C2(C)c1cccc(C#N)c1. The van der Waals surface area contributed by atoms with E-state index in [9.17, 15) is 10.1 Å². The lowest BCUT2D eigenvalue weighted by Gasteiger charge is -2.44. The molecule has 0 spiro atoms. The van der Waals surface area contributed by atoms with E-state index in [0.29, 0.717) is 17.9 Å². The van der Waals surface area contributed by atoms with Gasteiger partial charge in [0.05, 0.1) is 17.0 Å². The van der Waals surface area contributed by atoms with Crippen LogP contribution in [0.3, 0.4) is 0 Å². The molecule has 5 heteroatoms. The number of aromatic nitrogens is 2. The maximum Gasteiger partial charge on any atom is 0.162 e. The number of hydrogen-bond acceptors (Lipinski definition) is 4. The maximum atomic E-state index is 13.5. The van der Waals surface area contributed by atoms with Crippen molar-refractivity contribution in [3.63, 3.8) is 0 Å². The molecular weight excluding hydrogens is 360 g/mol. The number of fused-ring (bicyclic) bond motifs is 1. The number of nitriles is 1. The van der Waals surface area contributed by atoms with E-state index >= 15 is 0 Å². The van der Waals surface area contributed by atoms with Gasteiger partial charge in [0.25, 0.3) is 0 Å². The maximum absolute atomic E-state index is 13.5. The van der Waals surface area contributed by atoms with Crippen molar-refractivity contribution in [1.29, 1.82) is 5.26 Å². The fraction of sp³-hybridized carbons (Fsp3) is 0.458. The standard InChI is InChI=1S/C24H26N4O/c1-23(2)11-18-20(19(29)12-23)24(3,16-6-4-5-15(9-16)13-25)21-17(10-14-7-8-14)27-28-22(21)26-18/h4-6,9,14H,7-8,10-12H2,1-3H3,(H2,26,27,28). The monoisotopic (exact) mass is 386 g/mol. The minimum Gasteiger partial charge on any atom is -0.342 e. The Kier molecular flexibility index (Phi) is 3.80. The summed E-state index contributed by atoms with van der Waals surface area (Å²) in [7, 11) is 0. The molecule has 0 bridgehead atoms. The molecule has 0 saturated heterocycles. The smallest absolute Gasteiger partial charge is 0.162 e. The Bertz CT molecular complexity index is 1100. The molecule has 2 aromatic rings. The number of ketones is 1. The molecule has 1 aromatic heterocycles. The van der Waals surface area contributed by atoms with Crippen molar-refractivity contribution in [2.45, 2.75) is 58.3 Å². The van der Waals surface area contributed by atoms with E-state index in [0.717, 1.165) is 46.8 Å². The molecule has 3 aliphatic rings. The summed E-state index contributed by atoms with van der Waals surface area (Å²) in [4.78, 5) is 13.5. The zero-order valence-corrected chi connectivity index (χ0v) is 17.2. The highest BCUT2D eigenvalue weighted by atomic mass is 16.1. The number of carbonyl (C=O) groups excluding carboxylic acids is 1. The molecule has 29 heavy (non-hydrogen) atoms. The molecule has 0 amide bonds. The molecule has 1 fully saturated rings.